The number of ketones is 1. The molecule has 0 heterocycles. The van der Waals surface area contributed by atoms with E-state index < -0.39 is 5.92 Å². The SMILES string of the molecule is Cc1ccc(C(=O)C(C#N)c2ccc(Cl)cc2Cl)c(Br)c1. The third-order valence-electron chi connectivity index (χ3n) is 3.05. The summed E-state index contributed by atoms with van der Waals surface area (Å²) in [7, 11) is 0. The number of carbonyl (C=O) groups excluding carboxylic acids is 1. The first-order chi connectivity index (χ1) is 9.93. The fourth-order valence-electron chi connectivity index (χ4n) is 1.98. The summed E-state index contributed by atoms with van der Waals surface area (Å²) in [6, 6.07) is 12.1. The van der Waals surface area contributed by atoms with Crippen LogP contribution in [0.15, 0.2) is 40.9 Å². The quantitative estimate of drug-likeness (QED) is 0.652. The van der Waals surface area contributed by atoms with Gasteiger partial charge < -0.3 is 0 Å². The highest BCUT2D eigenvalue weighted by molar-refractivity contribution is 9.10. The highest BCUT2D eigenvalue weighted by atomic mass is 79.9. The first-order valence-corrected chi connectivity index (χ1v) is 7.64. The molecule has 2 aromatic rings. The lowest BCUT2D eigenvalue weighted by Gasteiger charge is -2.12. The molecule has 0 spiro atoms. The van der Waals surface area contributed by atoms with Gasteiger partial charge in [0.15, 0.2) is 5.78 Å². The van der Waals surface area contributed by atoms with Gasteiger partial charge in [0, 0.05) is 20.1 Å². The van der Waals surface area contributed by atoms with Crippen molar-refractivity contribution in [2.75, 3.05) is 0 Å². The summed E-state index contributed by atoms with van der Waals surface area (Å²) in [5.74, 6) is -1.26. The van der Waals surface area contributed by atoms with Gasteiger partial charge in [0.05, 0.1) is 6.07 Å². The van der Waals surface area contributed by atoms with Crippen LogP contribution in [0.1, 0.15) is 27.4 Å². The lowest BCUT2D eigenvalue weighted by molar-refractivity contribution is 0.0978. The number of nitriles is 1. The lowest BCUT2D eigenvalue weighted by atomic mass is 9.91. The normalized spacial score (nSPS) is 11.8. The van der Waals surface area contributed by atoms with Gasteiger partial charge in [-0.2, -0.15) is 5.26 Å². The maximum atomic E-state index is 12.6. The Morgan fingerprint density at radius 1 is 1.24 bits per heavy atom. The molecular formula is C16H10BrCl2NO. The third-order valence-corrected chi connectivity index (χ3v) is 4.27. The van der Waals surface area contributed by atoms with E-state index in [4.69, 9.17) is 23.2 Å². The Balaban J connectivity index is 2.46. The van der Waals surface area contributed by atoms with Gasteiger partial charge in [-0.15, -0.1) is 0 Å². The van der Waals surface area contributed by atoms with Crippen LogP contribution in [0.25, 0.3) is 0 Å². The molecule has 0 aromatic heterocycles. The number of rotatable bonds is 3. The summed E-state index contributed by atoms with van der Waals surface area (Å²) < 4.78 is 0.665. The maximum absolute atomic E-state index is 12.6. The zero-order chi connectivity index (χ0) is 15.6. The molecule has 0 radical (unpaired) electrons. The number of benzene rings is 2. The van der Waals surface area contributed by atoms with Crippen molar-refractivity contribution < 1.29 is 4.79 Å². The van der Waals surface area contributed by atoms with Crippen LogP contribution in [0.5, 0.6) is 0 Å². The number of halogens is 3. The minimum Gasteiger partial charge on any atom is -0.292 e. The summed E-state index contributed by atoms with van der Waals surface area (Å²) in [4.78, 5) is 12.6. The third kappa shape index (κ3) is 3.47. The van der Waals surface area contributed by atoms with Crippen LogP contribution in [0.3, 0.4) is 0 Å². The molecule has 0 bridgehead atoms. The molecule has 0 N–H and O–H groups in total. The van der Waals surface area contributed by atoms with Crippen molar-refractivity contribution in [2.24, 2.45) is 0 Å². The van der Waals surface area contributed by atoms with Gasteiger partial charge in [-0.3, -0.25) is 4.79 Å². The van der Waals surface area contributed by atoms with E-state index in [9.17, 15) is 10.1 Å². The molecule has 2 aromatic carbocycles. The second-order valence-electron chi connectivity index (χ2n) is 4.58. The highest BCUT2D eigenvalue weighted by Crippen LogP contribution is 2.31. The predicted molar refractivity (Wildman–Crippen MR) is 88.0 cm³/mol. The van der Waals surface area contributed by atoms with Crippen molar-refractivity contribution >= 4 is 44.9 Å². The molecule has 2 rings (SSSR count). The van der Waals surface area contributed by atoms with Crippen molar-refractivity contribution in [3.8, 4) is 6.07 Å². The smallest absolute Gasteiger partial charge is 0.185 e. The Hall–Kier alpha value is -1.34. The number of Topliss-reactive ketones (excluding diaryl/α,β-unsaturated/α-hetero) is 1. The predicted octanol–water partition coefficient (Wildman–Crippen LogP) is 5.55. The van der Waals surface area contributed by atoms with Crippen LogP contribution in [0.2, 0.25) is 10.0 Å². The maximum Gasteiger partial charge on any atom is 0.185 e. The largest absolute Gasteiger partial charge is 0.292 e. The minimum atomic E-state index is -0.964. The van der Waals surface area contributed by atoms with E-state index in [0.717, 1.165) is 5.56 Å². The lowest BCUT2D eigenvalue weighted by Crippen LogP contribution is -2.12. The molecule has 0 aliphatic rings. The summed E-state index contributed by atoms with van der Waals surface area (Å²) in [6.45, 7) is 1.93. The Morgan fingerprint density at radius 3 is 2.52 bits per heavy atom. The number of aryl methyl sites for hydroxylation is 1. The summed E-state index contributed by atoms with van der Waals surface area (Å²) in [5, 5.41) is 10.1. The van der Waals surface area contributed by atoms with Crippen molar-refractivity contribution in [2.45, 2.75) is 12.8 Å². The van der Waals surface area contributed by atoms with Crippen molar-refractivity contribution in [1.29, 1.82) is 5.26 Å². The van der Waals surface area contributed by atoms with Crippen molar-refractivity contribution in [3.63, 3.8) is 0 Å². The van der Waals surface area contributed by atoms with E-state index in [1.165, 1.54) is 6.07 Å². The minimum absolute atomic E-state index is 0.298. The molecule has 0 amide bonds. The molecule has 0 saturated heterocycles. The molecule has 5 heteroatoms. The molecule has 1 atom stereocenters. The summed E-state index contributed by atoms with van der Waals surface area (Å²) in [5.41, 5.74) is 1.94. The monoisotopic (exact) mass is 381 g/mol. The molecule has 1 unspecified atom stereocenters. The topological polar surface area (TPSA) is 40.9 Å². The van der Waals surface area contributed by atoms with Crippen molar-refractivity contribution in [3.05, 3.63) is 67.6 Å². The number of nitrogens with zero attached hydrogens (tertiary/aromatic N) is 1. The second kappa shape index (κ2) is 6.62. The Morgan fingerprint density at radius 2 is 1.95 bits per heavy atom. The van der Waals surface area contributed by atoms with Crippen LogP contribution in [-0.2, 0) is 0 Å². The van der Waals surface area contributed by atoms with E-state index in [2.05, 4.69) is 15.9 Å². The second-order valence-corrected chi connectivity index (χ2v) is 6.27. The first kappa shape index (κ1) is 16.0. The van der Waals surface area contributed by atoms with Gasteiger partial charge in [0.2, 0.25) is 0 Å². The van der Waals surface area contributed by atoms with E-state index in [1.807, 2.05) is 25.1 Å². The van der Waals surface area contributed by atoms with E-state index in [-0.39, 0.29) is 5.78 Å². The number of hydrogen-bond acceptors (Lipinski definition) is 2. The Labute approximate surface area is 141 Å². The fraction of sp³-hybridized carbons (Fsp3) is 0.125. The molecule has 0 saturated carbocycles. The van der Waals surface area contributed by atoms with E-state index in [0.29, 0.717) is 25.6 Å². The molecule has 106 valence electrons. The molecule has 21 heavy (non-hydrogen) atoms. The molecular weight excluding hydrogens is 373 g/mol. The number of hydrogen-bond donors (Lipinski definition) is 0. The highest BCUT2D eigenvalue weighted by Gasteiger charge is 2.25. The van der Waals surface area contributed by atoms with Gasteiger partial charge in [0.1, 0.15) is 5.92 Å². The van der Waals surface area contributed by atoms with Crippen LogP contribution >= 0.6 is 39.1 Å². The zero-order valence-corrected chi connectivity index (χ0v) is 14.1. The molecule has 2 nitrogen and oxygen atoms in total. The Bertz CT molecular complexity index is 752. The van der Waals surface area contributed by atoms with Gasteiger partial charge in [-0.05, 0) is 42.3 Å². The van der Waals surface area contributed by atoms with E-state index >= 15 is 0 Å². The zero-order valence-electron chi connectivity index (χ0n) is 11.0. The average molecular weight is 383 g/mol. The van der Waals surface area contributed by atoms with Crippen LogP contribution in [-0.4, -0.2) is 5.78 Å². The number of carbonyl (C=O) groups is 1. The van der Waals surface area contributed by atoms with Crippen molar-refractivity contribution in [1.82, 2.24) is 0 Å². The first-order valence-electron chi connectivity index (χ1n) is 6.09. The molecule has 0 aliphatic heterocycles. The van der Waals surface area contributed by atoms with E-state index in [1.54, 1.807) is 18.2 Å². The molecule has 0 aliphatic carbocycles. The van der Waals surface area contributed by atoms with Gasteiger partial charge in [-0.1, -0.05) is 51.3 Å². The summed E-state index contributed by atoms with van der Waals surface area (Å²) in [6.07, 6.45) is 0. The fourth-order valence-corrected chi connectivity index (χ4v) is 3.19. The van der Waals surface area contributed by atoms with Gasteiger partial charge in [0.25, 0.3) is 0 Å². The summed E-state index contributed by atoms with van der Waals surface area (Å²) >= 11 is 15.3. The standard InChI is InChI=1S/C16H10BrCl2NO/c1-9-2-4-12(14(17)6-9)16(21)13(8-20)11-5-3-10(18)7-15(11)19/h2-7,13H,1H3. The Kier molecular flexibility index (Phi) is 5.05. The van der Waals surface area contributed by atoms with Gasteiger partial charge >= 0.3 is 0 Å². The van der Waals surface area contributed by atoms with Crippen LogP contribution < -0.4 is 0 Å². The average Bonchev–Trinajstić information content (AvgIpc) is 2.41. The van der Waals surface area contributed by atoms with Crippen LogP contribution in [0, 0.1) is 18.3 Å². The molecule has 0 fully saturated rings. The van der Waals surface area contributed by atoms with Gasteiger partial charge in [-0.25, -0.2) is 0 Å². The van der Waals surface area contributed by atoms with Crippen LogP contribution in [0.4, 0.5) is 0 Å².